The highest BCUT2D eigenvalue weighted by Gasteiger charge is 2.22. The standard InChI is InChI=1S/C14H18ClNO3/c1-3-5-16(6-4-2)14(17)10-7-11(15)13-12(8-10)18-9-19-13/h7-8H,3-6,9H2,1-2H3. The molecule has 1 amide bonds. The summed E-state index contributed by atoms with van der Waals surface area (Å²) in [6.45, 7) is 5.77. The Balaban J connectivity index is 2.25. The molecule has 0 saturated heterocycles. The van der Waals surface area contributed by atoms with Gasteiger partial charge in [0.2, 0.25) is 6.79 Å². The summed E-state index contributed by atoms with van der Waals surface area (Å²) in [6.07, 6.45) is 1.87. The first-order chi connectivity index (χ1) is 9.17. The molecule has 0 atom stereocenters. The minimum absolute atomic E-state index is 0.0103. The highest BCUT2D eigenvalue weighted by Crippen LogP contribution is 2.40. The normalized spacial score (nSPS) is 12.6. The Hall–Kier alpha value is -1.42. The number of nitrogens with zero attached hydrogens (tertiary/aromatic N) is 1. The third kappa shape index (κ3) is 2.95. The number of benzene rings is 1. The Morgan fingerprint density at radius 2 is 1.95 bits per heavy atom. The maximum atomic E-state index is 12.4. The van der Waals surface area contributed by atoms with Crippen molar-refractivity contribution in [2.45, 2.75) is 26.7 Å². The van der Waals surface area contributed by atoms with Gasteiger partial charge in [-0.3, -0.25) is 4.79 Å². The SMILES string of the molecule is CCCN(CCC)C(=O)c1cc(Cl)c2c(c1)OCO2. The highest BCUT2D eigenvalue weighted by atomic mass is 35.5. The average Bonchev–Trinajstić information content (AvgIpc) is 2.86. The van der Waals surface area contributed by atoms with E-state index >= 15 is 0 Å². The van der Waals surface area contributed by atoms with Gasteiger partial charge in [0.1, 0.15) is 0 Å². The van der Waals surface area contributed by atoms with Gasteiger partial charge < -0.3 is 14.4 Å². The first kappa shape index (κ1) is 14.0. The third-order valence-electron chi connectivity index (χ3n) is 2.95. The van der Waals surface area contributed by atoms with Crippen LogP contribution in [0.5, 0.6) is 11.5 Å². The molecule has 0 N–H and O–H groups in total. The number of hydrogen-bond donors (Lipinski definition) is 0. The fraction of sp³-hybridized carbons (Fsp3) is 0.500. The van der Waals surface area contributed by atoms with Gasteiger partial charge in [-0.25, -0.2) is 0 Å². The van der Waals surface area contributed by atoms with E-state index in [0.29, 0.717) is 22.1 Å². The van der Waals surface area contributed by atoms with Crippen molar-refractivity contribution in [1.82, 2.24) is 4.90 Å². The van der Waals surface area contributed by atoms with Crippen molar-refractivity contribution < 1.29 is 14.3 Å². The van der Waals surface area contributed by atoms with Gasteiger partial charge >= 0.3 is 0 Å². The lowest BCUT2D eigenvalue weighted by Crippen LogP contribution is -2.32. The summed E-state index contributed by atoms with van der Waals surface area (Å²) >= 11 is 6.10. The fourth-order valence-electron chi connectivity index (χ4n) is 2.13. The highest BCUT2D eigenvalue weighted by molar-refractivity contribution is 6.32. The van der Waals surface area contributed by atoms with Crippen molar-refractivity contribution >= 4 is 17.5 Å². The predicted molar refractivity (Wildman–Crippen MR) is 74.1 cm³/mol. The second-order valence-corrected chi connectivity index (χ2v) is 4.89. The smallest absolute Gasteiger partial charge is 0.254 e. The average molecular weight is 284 g/mol. The number of rotatable bonds is 5. The van der Waals surface area contributed by atoms with Gasteiger partial charge in [0, 0.05) is 18.7 Å². The van der Waals surface area contributed by atoms with Crippen LogP contribution in [0, 0.1) is 0 Å². The van der Waals surface area contributed by atoms with E-state index in [2.05, 4.69) is 13.8 Å². The molecule has 2 rings (SSSR count). The molecule has 0 saturated carbocycles. The molecule has 19 heavy (non-hydrogen) atoms. The summed E-state index contributed by atoms with van der Waals surface area (Å²) < 4.78 is 10.5. The van der Waals surface area contributed by atoms with Gasteiger partial charge in [-0.15, -0.1) is 0 Å². The molecule has 1 aromatic rings. The van der Waals surface area contributed by atoms with Crippen LogP contribution >= 0.6 is 11.6 Å². The van der Waals surface area contributed by atoms with Crippen molar-refractivity contribution in [1.29, 1.82) is 0 Å². The van der Waals surface area contributed by atoms with Crippen molar-refractivity contribution in [3.63, 3.8) is 0 Å². The largest absolute Gasteiger partial charge is 0.454 e. The van der Waals surface area contributed by atoms with E-state index in [1.807, 2.05) is 4.90 Å². The number of fused-ring (bicyclic) bond motifs is 1. The van der Waals surface area contributed by atoms with Crippen LogP contribution in [-0.2, 0) is 0 Å². The maximum absolute atomic E-state index is 12.4. The van der Waals surface area contributed by atoms with E-state index in [-0.39, 0.29) is 12.7 Å². The quantitative estimate of drug-likeness (QED) is 0.832. The molecule has 0 aromatic heterocycles. The molecule has 0 aliphatic carbocycles. The van der Waals surface area contributed by atoms with Crippen LogP contribution in [0.15, 0.2) is 12.1 Å². The second kappa shape index (κ2) is 6.15. The minimum atomic E-state index is -0.0103. The third-order valence-corrected chi connectivity index (χ3v) is 3.23. The molecule has 4 nitrogen and oxygen atoms in total. The van der Waals surface area contributed by atoms with E-state index < -0.39 is 0 Å². The first-order valence-corrected chi connectivity index (χ1v) is 6.93. The van der Waals surface area contributed by atoms with Crippen LogP contribution in [-0.4, -0.2) is 30.7 Å². The van der Waals surface area contributed by atoms with Crippen molar-refractivity contribution in [3.05, 3.63) is 22.7 Å². The van der Waals surface area contributed by atoms with Crippen LogP contribution in [0.1, 0.15) is 37.0 Å². The molecule has 1 aliphatic heterocycles. The van der Waals surface area contributed by atoms with E-state index in [1.54, 1.807) is 12.1 Å². The zero-order chi connectivity index (χ0) is 13.8. The molecular weight excluding hydrogens is 266 g/mol. The first-order valence-electron chi connectivity index (χ1n) is 6.55. The molecular formula is C14H18ClNO3. The molecule has 0 spiro atoms. The summed E-state index contributed by atoms with van der Waals surface area (Å²) in [5.74, 6) is 1.06. The Bertz CT molecular complexity index is 470. The summed E-state index contributed by atoms with van der Waals surface area (Å²) in [5.41, 5.74) is 0.552. The Morgan fingerprint density at radius 1 is 1.26 bits per heavy atom. The lowest BCUT2D eigenvalue weighted by molar-refractivity contribution is 0.0755. The molecule has 1 aromatic carbocycles. The minimum Gasteiger partial charge on any atom is -0.454 e. The van der Waals surface area contributed by atoms with Gasteiger partial charge in [0.25, 0.3) is 5.91 Å². The zero-order valence-electron chi connectivity index (χ0n) is 11.2. The maximum Gasteiger partial charge on any atom is 0.254 e. The Kier molecular flexibility index (Phi) is 4.53. The van der Waals surface area contributed by atoms with Gasteiger partial charge in [-0.1, -0.05) is 25.4 Å². The van der Waals surface area contributed by atoms with Crippen LogP contribution in [0.3, 0.4) is 0 Å². The van der Waals surface area contributed by atoms with E-state index in [4.69, 9.17) is 21.1 Å². The summed E-state index contributed by atoms with van der Waals surface area (Å²) in [6, 6.07) is 3.35. The zero-order valence-corrected chi connectivity index (χ0v) is 12.0. The number of carbonyl (C=O) groups is 1. The lowest BCUT2D eigenvalue weighted by Gasteiger charge is -2.21. The molecule has 1 heterocycles. The predicted octanol–water partition coefficient (Wildman–Crippen LogP) is 3.33. The summed E-state index contributed by atoms with van der Waals surface area (Å²) in [7, 11) is 0. The van der Waals surface area contributed by atoms with Crippen LogP contribution in [0.2, 0.25) is 5.02 Å². The van der Waals surface area contributed by atoms with E-state index in [9.17, 15) is 4.79 Å². The van der Waals surface area contributed by atoms with E-state index in [1.165, 1.54) is 0 Å². The van der Waals surface area contributed by atoms with Gasteiger partial charge in [-0.2, -0.15) is 0 Å². The topological polar surface area (TPSA) is 38.8 Å². The van der Waals surface area contributed by atoms with Gasteiger partial charge in [0.05, 0.1) is 5.02 Å². The number of amides is 1. The monoisotopic (exact) mass is 283 g/mol. The molecule has 0 fully saturated rings. The van der Waals surface area contributed by atoms with Crippen LogP contribution in [0.4, 0.5) is 0 Å². The summed E-state index contributed by atoms with van der Waals surface area (Å²) in [5, 5.41) is 0.422. The van der Waals surface area contributed by atoms with Crippen LogP contribution < -0.4 is 9.47 Å². The molecule has 5 heteroatoms. The molecule has 0 radical (unpaired) electrons. The summed E-state index contributed by atoms with van der Waals surface area (Å²) in [4.78, 5) is 14.3. The lowest BCUT2D eigenvalue weighted by atomic mass is 10.1. The fourth-order valence-corrected chi connectivity index (χ4v) is 2.39. The number of halogens is 1. The van der Waals surface area contributed by atoms with Crippen molar-refractivity contribution in [2.75, 3.05) is 19.9 Å². The van der Waals surface area contributed by atoms with Crippen molar-refractivity contribution in [2.24, 2.45) is 0 Å². The van der Waals surface area contributed by atoms with E-state index in [0.717, 1.165) is 25.9 Å². The van der Waals surface area contributed by atoms with Crippen LogP contribution in [0.25, 0.3) is 0 Å². The second-order valence-electron chi connectivity index (χ2n) is 4.48. The molecule has 0 unspecified atom stereocenters. The number of carbonyl (C=O) groups excluding carboxylic acids is 1. The molecule has 104 valence electrons. The molecule has 1 aliphatic rings. The number of hydrogen-bond acceptors (Lipinski definition) is 3. The molecule has 0 bridgehead atoms. The van der Waals surface area contributed by atoms with Crippen molar-refractivity contribution in [3.8, 4) is 11.5 Å². The number of ether oxygens (including phenoxy) is 2. The van der Waals surface area contributed by atoms with Gasteiger partial charge in [0.15, 0.2) is 11.5 Å². The van der Waals surface area contributed by atoms with Gasteiger partial charge in [-0.05, 0) is 25.0 Å². The Morgan fingerprint density at radius 3 is 2.58 bits per heavy atom. The Labute approximate surface area is 118 Å².